The number of hydrogen-bond acceptors (Lipinski definition) is 6. The number of rotatable bonds is 5. The fourth-order valence-electron chi connectivity index (χ4n) is 2.32. The predicted molar refractivity (Wildman–Crippen MR) is 113 cm³/mol. The smallest absolute Gasteiger partial charge is 0.215 e. The van der Waals surface area contributed by atoms with Gasteiger partial charge in [-0.25, -0.2) is 4.98 Å². The van der Waals surface area contributed by atoms with Crippen molar-refractivity contribution in [1.29, 1.82) is 0 Å². The molecule has 0 fully saturated rings. The van der Waals surface area contributed by atoms with Crippen molar-refractivity contribution in [3.63, 3.8) is 0 Å². The average molecular weight is 390 g/mol. The van der Waals surface area contributed by atoms with Gasteiger partial charge in [0.1, 0.15) is 0 Å². The predicted octanol–water partition coefficient (Wildman–Crippen LogP) is 3.17. The molecule has 0 aliphatic carbocycles. The maximum atomic E-state index is 6.07. The van der Waals surface area contributed by atoms with E-state index in [9.17, 15) is 0 Å². The Labute approximate surface area is 160 Å². The third kappa shape index (κ3) is 4.66. The normalized spacial score (nSPS) is 11.4. The van der Waals surface area contributed by atoms with Crippen LogP contribution in [0.3, 0.4) is 0 Å². The van der Waals surface area contributed by atoms with E-state index in [1.54, 1.807) is 19.4 Å². The summed E-state index contributed by atoms with van der Waals surface area (Å²) in [6.07, 6.45) is 1.59. The summed E-state index contributed by atoms with van der Waals surface area (Å²) in [6.45, 7) is 4.62. The van der Waals surface area contributed by atoms with Crippen molar-refractivity contribution in [3.8, 4) is 5.88 Å². The van der Waals surface area contributed by atoms with E-state index in [1.165, 1.54) is 0 Å². The Morgan fingerprint density at radius 1 is 1.15 bits per heavy atom. The molecule has 1 atom stereocenters. The first-order valence-corrected chi connectivity index (χ1v) is 10.4. The van der Waals surface area contributed by atoms with E-state index in [-0.39, 0.29) is 0 Å². The van der Waals surface area contributed by atoms with Gasteiger partial charge in [-0.2, -0.15) is 4.98 Å². The van der Waals surface area contributed by atoms with Crippen LogP contribution in [0.25, 0.3) is 11.0 Å². The summed E-state index contributed by atoms with van der Waals surface area (Å²) in [5.41, 5.74) is 9.13. The van der Waals surface area contributed by atoms with Gasteiger partial charge in [0.25, 0.3) is 0 Å². The van der Waals surface area contributed by atoms with E-state index in [1.807, 2.05) is 44.2 Å². The van der Waals surface area contributed by atoms with Gasteiger partial charge < -0.3 is 15.8 Å². The monoisotopic (exact) mass is 389 g/mol. The number of methoxy groups -OCH3 is 1. The number of nitrogens with one attached hydrogen (secondary N) is 1. The zero-order chi connectivity index (χ0) is 19.1. The van der Waals surface area contributed by atoms with Gasteiger partial charge in [0.2, 0.25) is 5.88 Å². The highest BCUT2D eigenvalue weighted by Crippen LogP contribution is 2.28. The summed E-state index contributed by atoms with van der Waals surface area (Å²) >= 11 is 5.07. The highest BCUT2D eigenvalue weighted by atomic mass is 32.8. The van der Waals surface area contributed by atoms with Crippen LogP contribution in [0.4, 0.5) is 11.4 Å². The largest absolute Gasteiger partial charge is 0.481 e. The molecule has 0 amide bonds. The second-order valence-electron chi connectivity index (χ2n) is 5.11. The molecule has 2 heterocycles. The van der Waals surface area contributed by atoms with Crippen molar-refractivity contribution >= 4 is 43.2 Å². The summed E-state index contributed by atoms with van der Waals surface area (Å²) in [5.74, 6) is 0.516. The molecule has 0 saturated carbocycles. The molecule has 138 valence electrons. The highest BCUT2D eigenvalue weighted by molar-refractivity contribution is 8.27. The minimum absolute atomic E-state index is 0.516. The Morgan fingerprint density at radius 3 is 2.46 bits per heavy atom. The molecule has 0 spiro atoms. The van der Waals surface area contributed by atoms with Gasteiger partial charge in [-0.1, -0.05) is 26.0 Å². The summed E-state index contributed by atoms with van der Waals surface area (Å²) in [6, 6.07) is 11.6. The third-order valence-corrected chi connectivity index (χ3v) is 4.88. The van der Waals surface area contributed by atoms with Gasteiger partial charge in [-0.15, -0.1) is 0 Å². The van der Waals surface area contributed by atoms with Gasteiger partial charge in [-0.3, -0.25) is 5.14 Å². The second-order valence-corrected chi connectivity index (χ2v) is 7.25. The third-order valence-electron chi connectivity index (χ3n) is 3.57. The Bertz CT molecular complexity index is 900. The van der Waals surface area contributed by atoms with Crippen molar-refractivity contribution in [2.75, 3.05) is 18.2 Å². The Hall–Kier alpha value is -2.29. The number of ether oxygens (including phenoxy) is 1. The second kappa shape index (κ2) is 9.42. The van der Waals surface area contributed by atoms with Gasteiger partial charge in [0.05, 0.1) is 24.7 Å². The number of nitrogens with zero attached hydrogens (tertiary/aromatic N) is 2. The molecule has 3 aromatic rings. The molecule has 26 heavy (non-hydrogen) atoms. The van der Waals surface area contributed by atoms with Crippen molar-refractivity contribution < 1.29 is 4.74 Å². The number of benzene rings is 1. The summed E-state index contributed by atoms with van der Waals surface area (Å²) < 4.78 is 5.13. The molecule has 6 nitrogen and oxygen atoms in total. The first-order valence-electron chi connectivity index (χ1n) is 8.16. The van der Waals surface area contributed by atoms with Gasteiger partial charge in [0.15, 0.2) is 5.65 Å². The lowest BCUT2D eigenvalue weighted by Crippen LogP contribution is -2.05. The van der Waals surface area contributed by atoms with Crippen LogP contribution < -0.4 is 20.9 Å². The van der Waals surface area contributed by atoms with Crippen molar-refractivity contribution in [1.82, 2.24) is 9.97 Å². The highest BCUT2D eigenvalue weighted by Gasteiger charge is 2.09. The number of nitrogen functional groups attached to an aromatic ring is 1. The fourth-order valence-corrected chi connectivity index (χ4v) is 3.06. The number of hydrogen-bond donors (Lipinski definition) is 3. The van der Waals surface area contributed by atoms with E-state index >= 15 is 0 Å². The number of fused-ring (bicyclic) bond motifs is 1. The Kier molecular flexibility index (Phi) is 7.26. The molecule has 0 bridgehead atoms. The minimum atomic E-state index is -0.638. The molecule has 8 heteroatoms. The molecule has 0 aliphatic rings. The van der Waals surface area contributed by atoms with Crippen LogP contribution in [0.15, 0.2) is 47.5 Å². The summed E-state index contributed by atoms with van der Waals surface area (Å²) in [5, 5.41) is 9.93. The molecule has 2 aromatic heterocycles. The van der Waals surface area contributed by atoms with Gasteiger partial charge >= 0.3 is 0 Å². The van der Waals surface area contributed by atoms with Crippen LogP contribution >= 0.6 is 0 Å². The number of nitrogens with two attached hydrogens (primary N) is 2. The minimum Gasteiger partial charge on any atom is -0.481 e. The molecular weight excluding hydrogens is 366 g/mol. The van der Waals surface area contributed by atoms with E-state index < -0.39 is 9.64 Å². The molecule has 0 aliphatic heterocycles. The van der Waals surface area contributed by atoms with E-state index in [0.29, 0.717) is 23.8 Å². The SMILES string of the molecule is CC.COc1ccc2c(NCc3ccc(S(N)=S)cc3)c(N)cnc2n1. The molecule has 1 unspecified atom stereocenters. The zero-order valence-electron chi connectivity index (χ0n) is 15.0. The number of aromatic nitrogens is 2. The summed E-state index contributed by atoms with van der Waals surface area (Å²) in [7, 11) is 0.935. The fraction of sp³-hybridized carbons (Fsp3) is 0.222. The quantitative estimate of drug-likeness (QED) is 0.616. The lowest BCUT2D eigenvalue weighted by molar-refractivity contribution is 0.399. The standard InChI is InChI=1S/C16H17N5OS2.C2H6/c1-22-14-7-6-12-15(13(17)9-20-16(12)21-14)19-8-10-2-4-11(5-3-10)24(18)23;1-2/h2-7,9H,8,17-18H2,1H3,(H,19,20,21);1-2H3. The van der Waals surface area contributed by atoms with Crippen molar-refractivity contribution in [3.05, 3.63) is 48.2 Å². The van der Waals surface area contributed by atoms with Crippen LogP contribution in [0.5, 0.6) is 5.88 Å². The number of pyridine rings is 2. The first-order chi connectivity index (χ1) is 12.6. The average Bonchev–Trinajstić information content (AvgIpc) is 2.68. The number of anilines is 2. The molecule has 5 N–H and O–H groups in total. The van der Waals surface area contributed by atoms with E-state index in [2.05, 4.69) is 15.3 Å². The molecule has 1 aromatic carbocycles. The van der Waals surface area contributed by atoms with Crippen LogP contribution in [0.1, 0.15) is 19.4 Å². The molecular formula is C18H23N5OS2. The van der Waals surface area contributed by atoms with Gasteiger partial charge in [-0.05, 0) is 44.6 Å². The Morgan fingerprint density at radius 2 is 1.85 bits per heavy atom. The van der Waals surface area contributed by atoms with Gasteiger partial charge in [0, 0.05) is 22.9 Å². The maximum absolute atomic E-state index is 6.07. The van der Waals surface area contributed by atoms with Crippen LogP contribution in [-0.2, 0) is 27.4 Å². The van der Waals surface area contributed by atoms with Crippen LogP contribution in [-0.4, -0.2) is 17.1 Å². The molecule has 0 radical (unpaired) electrons. The topological polar surface area (TPSA) is 99.1 Å². The molecule has 0 saturated heterocycles. The zero-order valence-corrected chi connectivity index (χ0v) is 16.7. The van der Waals surface area contributed by atoms with Crippen LogP contribution in [0, 0.1) is 0 Å². The lowest BCUT2D eigenvalue weighted by Gasteiger charge is -2.12. The first kappa shape index (κ1) is 20.0. The van der Waals surface area contributed by atoms with Crippen molar-refractivity contribution in [2.24, 2.45) is 5.14 Å². The Balaban J connectivity index is 0.00000117. The summed E-state index contributed by atoms with van der Waals surface area (Å²) in [4.78, 5) is 9.54. The van der Waals surface area contributed by atoms with Crippen molar-refractivity contribution in [2.45, 2.75) is 25.3 Å². The van der Waals surface area contributed by atoms with E-state index in [0.717, 1.165) is 21.5 Å². The molecule has 3 rings (SSSR count). The maximum Gasteiger partial charge on any atom is 0.215 e. The van der Waals surface area contributed by atoms with Crippen LogP contribution in [0.2, 0.25) is 0 Å². The lowest BCUT2D eigenvalue weighted by atomic mass is 10.2. The van der Waals surface area contributed by atoms with E-state index in [4.69, 9.17) is 26.8 Å².